The van der Waals surface area contributed by atoms with Crippen molar-refractivity contribution in [1.29, 1.82) is 0 Å². The van der Waals surface area contributed by atoms with Gasteiger partial charge in [0.2, 0.25) is 0 Å². The largest absolute Gasteiger partial charge is 0.507 e. The summed E-state index contributed by atoms with van der Waals surface area (Å²) in [5.41, 5.74) is 0.283. The van der Waals surface area contributed by atoms with Crippen LogP contribution in [0.5, 0.6) is 5.75 Å². The number of carbonyl (C=O) groups excluding carboxylic acids is 1. The molecule has 5 heteroatoms. The lowest BCUT2D eigenvalue weighted by Gasteiger charge is -2.13. The molecule has 16 heavy (non-hydrogen) atoms. The number of aliphatic hydroxyl groups is 2. The first-order valence-electron chi connectivity index (χ1n) is 4.88. The van der Waals surface area contributed by atoms with Crippen LogP contribution >= 0.6 is 0 Å². The third kappa shape index (κ3) is 2.50. The fraction of sp³-hybridized carbons (Fsp3) is 0.364. The number of aliphatic hydroxyl groups excluding tert-OH is 2. The van der Waals surface area contributed by atoms with E-state index in [0.29, 0.717) is 0 Å². The Hall–Kier alpha value is -1.59. The molecular weight excluding hydrogens is 212 g/mol. The van der Waals surface area contributed by atoms with Crippen molar-refractivity contribution in [2.75, 3.05) is 6.61 Å². The molecule has 0 saturated heterocycles. The molecule has 0 aliphatic heterocycles. The number of phenols is 1. The lowest BCUT2D eigenvalue weighted by atomic mass is 10.0. The van der Waals surface area contributed by atoms with Gasteiger partial charge in [-0.2, -0.15) is 0 Å². The van der Waals surface area contributed by atoms with Crippen molar-refractivity contribution in [3.63, 3.8) is 0 Å². The highest BCUT2D eigenvalue weighted by Gasteiger charge is 2.22. The summed E-state index contributed by atoms with van der Waals surface area (Å²) >= 11 is 0. The van der Waals surface area contributed by atoms with Crippen molar-refractivity contribution in [1.82, 2.24) is 0 Å². The Balaban J connectivity index is 2.99. The Labute approximate surface area is 92.9 Å². The van der Waals surface area contributed by atoms with Gasteiger partial charge >= 0.3 is 5.97 Å². The molecule has 0 spiro atoms. The average molecular weight is 226 g/mol. The second-order valence-corrected chi connectivity index (χ2v) is 3.17. The van der Waals surface area contributed by atoms with Crippen molar-refractivity contribution in [3.05, 3.63) is 29.3 Å². The predicted molar refractivity (Wildman–Crippen MR) is 55.6 cm³/mol. The first-order valence-corrected chi connectivity index (χ1v) is 4.88. The second-order valence-electron chi connectivity index (χ2n) is 3.17. The molecule has 0 saturated carbocycles. The van der Waals surface area contributed by atoms with Gasteiger partial charge in [-0.1, -0.05) is 18.2 Å². The number of carbonyl (C=O) groups is 1. The average Bonchev–Trinajstić information content (AvgIpc) is 2.29. The van der Waals surface area contributed by atoms with E-state index in [1.54, 1.807) is 6.92 Å². The van der Waals surface area contributed by atoms with Gasteiger partial charge in [0.15, 0.2) is 6.10 Å². The summed E-state index contributed by atoms with van der Waals surface area (Å²) in [6, 6.07) is 4.43. The van der Waals surface area contributed by atoms with Crippen LogP contribution in [0.3, 0.4) is 0 Å². The number of aromatic hydroxyl groups is 1. The number of hydrogen-bond acceptors (Lipinski definition) is 5. The van der Waals surface area contributed by atoms with Crippen LogP contribution in [0.4, 0.5) is 0 Å². The van der Waals surface area contributed by atoms with Crippen LogP contribution in [0.25, 0.3) is 0 Å². The Morgan fingerprint density at radius 1 is 1.50 bits per heavy atom. The topological polar surface area (TPSA) is 87.0 Å². The van der Waals surface area contributed by atoms with E-state index in [1.807, 2.05) is 0 Å². The molecule has 0 fully saturated rings. The maximum atomic E-state index is 11.2. The number of ether oxygens (including phenoxy) is 1. The Bertz CT molecular complexity index is 375. The number of para-hydroxylation sites is 1. The minimum absolute atomic E-state index is 0.0324. The van der Waals surface area contributed by atoms with Crippen LogP contribution in [0.2, 0.25) is 0 Å². The molecule has 0 heterocycles. The van der Waals surface area contributed by atoms with E-state index in [0.717, 1.165) is 0 Å². The van der Waals surface area contributed by atoms with Gasteiger partial charge in [-0.15, -0.1) is 0 Å². The molecule has 0 aliphatic rings. The zero-order valence-corrected chi connectivity index (χ0v) is 8.88. The molecular formula is C11H14O5. The monoisotopic (exact) mass is 226 g/mol. The Morgan fingerprint density at radius 2 is 2.19 bits per heavy atom. The minimum atomic E-state index is -1.54. The summed E-state index contributed by atoms with van der Waals surface area (Å²) in [5, 5.41) is 28.2. The fourth-order valence-electron chi connectivity index (χ4n) is 1.31. The molecule has 1 rings (SSSR count). The Morgan fingerprint density at radius 3 is 2.75 bits per heavy atom. The van der Waals surface area contributed by atoms with Crippen LogP contribution in [0.15, 0.2) is 18.2 Å². The molecule has 1 aromatic carbocycles. The zero-order valence-electron chi connectivity index (χ0n) is 8.88. The van der Waals surface area contributed by atoms with E-state index in [-0.39, 0.29) is 30.1 Å². The predicted octanol–water partition coefficient (Wildman–Crippen LogP) is 0.481. The van der Waals surface area contributed by atoms with Crippen LogP contribution in [0.1, 0.15) is 24.2 Å². The maximum Gasteiger partial charge on any atom is 0.339 e. The first kappa shape index (κ1) is 12.5. The van der Waals surface area contributed by atoms with Crippen LogP contribution in [-0.4, -0.2) is 27.9 Å². The normalized spacial score (nSPS) is 12.2. The van der Waals surface area contributed by atoms with Gasteiger partial charge in [-0.3, -0.25) is 0 Å². The van der Waals surface area contributed by atoms with Crippen LogP contribution in [-0.2, 0) is 16.1 Å². The maximum absolute atomic E-state index is 11.2. The van der Waals surface area contributed by atoms with Gasteiger partial charge in [0.1, 0.15) is 5.75 Å². The molecule has 0 bridgehead atoms. The van der Waals surface area contributed by atoms with Gasteiger partial charge in [-0.05, 0) is 6.92 Å². The number of benzene rings is 1. The lowest BCUT2D eigenvalue weighted by molar-refractivity contribution is -0.153. The molecule has 88 valence electrons. The van der Waals surface area contributed by atoms with E-state index < -0.39 is 12.1 Å². The third-order valence-electron chi connectivity index (χ3n) is 2.13. The first-order chi connectivity index (χ1) is 7.61. The molecule has 0 radical (unpaired) electrons. The summed E-state index contributed by atoms with van der Waals surface area (Å²) in [7, 11) is 0. The zero-order chi connectivity index (χ0) is 12.1. The smallest absolute Gasteiger partial charge is 0.339 e. The molecule has 5 nitrogen and oxygen atoms in total. The standard InChI is InChI=1S/C11H14O5/c1-2-16-11(15)10(14)8-5-3-4-7(6-12)9(8)13/h3-5,10,12-14H,2,6H2,1H3. The van der Waals surface area contributed by atoms with E-state index in [2.05, 4.69) is 4.74 Å². The molecule has 0 amide bonds. The summed E-state index contributed by atoms with van der Waals surface area (Å²) in [5.74, 6) is -1.11. The molecule has 1 aromatic rings. The Kier molecular flexibility index (Phi) is 4.28. The van der Waals surface area contributed by atoms with E-state index >= 15 is 0 Å². The molecule has 3 N–H and O–H groups in total. The highest BCUT2D eigenvalue weighted by Crippen LogP contribution is 2.28. The second kappa shape index (κ2) is 5.48. The van der Waals surface area contributed by atoms with Gasteiger partial charge in [0, 0.05) is 11.1 Å². The van der Waals surface area contributed by atoms with Crippen molar-refractivity contribution in [2.24, 2.45) is 0 Å². The minimum Gasteiger partial charge on any atom is -0.507 e. The molecule has 0 aliphatic carbocycles. The molecule has 0 aromatic heterocycles. The number of rotatable bonds is 4. The van der Waals surface area contributed by atoms with Crippen molar-refractivity contribution >= 4 is 5.97 Å². The summed E-state index contributed by atoms with van der Waals surface area (Å²) in [4.78, 5) is 11.2. The number of esters is 1. The van der Waals surface area contributed by atoms with Crippen molar-refractivity contribution in [3.8, 4) is 5.75 Å². The van der Waals surface area contributed by atoms with Gasteiger partial charge in [0.25, 0.3) is 0 Å². The SMILES string of the molecule is CCOC(=O)C(O)c1cccc(CO)c1O. The third-order valence-corrected chi connectivity index (χ3v) is 2.13. The van der Waals surface area contributed by atoms with Gasteiger partial charge < -0.3 is 20.1 Å². The van der Waals surface area contributed by atoms with Gasteiger partial charge in [0.05, 0.1) is 13.2 Å². The highest BCUT2D eigenvalue weighted by atomic mass is 16.5. The van der Waals surface area contributed by atoms with E-state index in [1.165, 1.54) is 18.2 Å². The summed E-state index contributed by atoms with van der Waals surface area (Å²) in [6.07, 6.45) is -1.54. The fourth-order valence-corrected chi connectivity index (χ4v) is 1.31. The molecule has 1 atom stereocenters. The quantitative estimate of drug-likeness (QED) is 0.650. The summed E-state index contributed by atoms with van der Waals surface area (Å²) in [6.45, 7) is 1.40. The number of hydrogen-bond donors (Lipinski definition) is 3. The molecule has 1 unspecified atom stereocenters. The van der Waals surface area contributed by atoms with Crippen molar-refractivity contribution in [2.45, 2.75) is 19.6 Å². The van der Waals surface area contributed by atoms with Crippen LogP contribution < -0.4 is 0 Å². The van der Waals surface area contributed by atoms with E-state index in [4.69, 9.17) is 5.11 Å². The summed E-state index contributed by atoms with van der Waals surface area (Å²) < 4.78 is 4.62. The van der Waals surface area contributed by atoms with E-state index in [9.17, 15) is 15.0 Å². The van der Waals surface area contributed by atoms with Crippen LogP contribution in [0, 0.1) is 0 Å². The highest BCUT2D eigenvalue weighted by molar-refractivity contribution is 5.77. The van der Waals surface area contributed by atoms with Crippen molar-refractivity contribution < 1.29 is 24.9 Å². The van der Waals surface area contributed by atoms with Gasteiger partial charge in [-0.25, -0.2) is 4.79 Å². The lowest BCUT2D eigenvalue weighted by Crippen LogP contribution is -2.15.